The molecule has 0 spiro atoms. The average molecular weight is 337 g/mol. The van der Waals surface area contributed by atoms with Gasteiger partial charge in [-0.3, -0.25) is 0 Å². The molecule has 0 N–H and O–H groups in total. The third-order valence-electron chi connectivity index (χ3n) is 3.33. The monoisotopic (exact) mass is 336 g/mol. The summed E-state index contributed by atoms with van der Waals surface area (Å²) in [5, 5.41) is 0. The molecule has 0 amide bonds. The Hall–Kier alpha value is -1.46. The van der Waals surface area contributed by atoms with Gasteiger partial charge in [0.15, 0.2) is 0 Å². The second kappa shape index (κ2) is 5.89. The molecule has 104 valence electrons. The fourth-order valence-corrected chi connectivity index (χ4v) is 2.57. The number of anilines is 1. The Bertz CT molecular complexity index is 591. The number of hydrogen-bond acceptors (Lipinski definition) is 3. The maximum Gasteiger partial charge on any atom is 0.214 e. The Kier molecular flexibility index (Phi) is 3.98. The van der Waals surface area contributed by atoms with Crippen LogP contribution < -0.4 is 4.90 Å². The van der Waals surface area contributed by atoms with Gasteiger partial charge in [0.05, 0.1) is 6.61 Å². The number of benzene rings is 1. The fourth-order valence-electron chi connectivity index (χ4n) is 2.31. The number of ether oxygens (including phenoxy) is 1. The van der Waals surface area contributed by atoms with Crippen molar-refractivity contribution in [2.24, 2.45) is 0 Å². The predicted molar refractivity (Wildman–Crippen MR) is 79.2 cm³/mol. The SMILES string of the molecule is Fc1cccc(N2CCOC(c3ccc(Br)cc3)C2)n1. The van der Waals surface area contributed by atoms with E-state index in [0.29, 0.717) is 19.0 Å². The van der Waals surface area contributed by atoms with Crippen LogP contribution in [-0.2, 0) is 4.74 Å². The van der Waals surface area contributed by atoms with Crippen LogP contribution in [0, 0.1) is 5.95 Å². The highest BCUT2D eigenvalue weighted by atomic mass is 79.9. The van der Waals surface area contributed by atoms with Crippen LogP contribution in [0.15, 0.2) is 46.9 Å². The van der Waals surface area contributed by atoms with Crippen LogP contribution in [-0.4, -0.2) is 24.7 Å². The average Bonchev–Trinajstić information content (AvgIpc) is 2.48. The molecular formula is C15H14BrFN2O. The van der Waals surface area contributed by atoms with Gasteiger partial charge in [0.25, 0.3) is 0 Å². The maximum atomic E-state index is 13.2. The van der Waals surface area contributed by atoms with Gasteiger partial charge in [0, 0.05) is 17.6 Å². The molecule has 1 saturated heterocycles. The Morgan fingerprint density at radius 1 is 1.20 bits per heavy atom. The highest BCUT2D eigenvalue weighted by Crippen LogP contribution is 2.26. The van der Waals surface area contributed by atoms with E-state index in [1.54, 1.807) is 6.07 Å². The van der Waals surface area contributed by atoms with Crippen LogP contribution in [0.4, 0.5) is 10.2 Å². The van der Waals surface area contributed by atoms with E-state index in [1.165, 1.54) is 6.07 Å². The second-order valence-electron chi connectivity index (χ2n) is 4.68. The number of halogens is 2. The molecule has 1 aliphatic heterocycles. The molecule has 1 aromatic heterocycles. The molecule has 0 aliphatic carbocycles. The van der Waals surface area contributed by atoms with Gasteiger partial charge in [-0.05, 0) is 29.8 Å². The van der Waals surface area contributed by atoms with Crippen LogP contribution in [0.2, 0.25) is 0 Å². The van der Waals surface area contributed by atoms with Crippen LogP contribution in [0.5, 0.6) is 0 Å². The number of pyridine rings is 1. The lowest BCUT2D eigenvalue weighted by Gasteiger charge is -2.34. The zero-order chi connectivity index (χ0) is 13.9. The Morgan fingerprint density at radius 3 is 2.75 bits per heavy atom. The molecule has 1 aromatic carbocycles. The molecule has 2 heterocycles. The lowest BCUT2D eigenvalue weighted by molar-refractivity contribution is 0.0394. The standard InChI is InChI=1S/C15H14BrFN2O/c16-12-6-4-11(5-7-12)13-10-19(8-9-20-13)15-3-1-2-14(17)18-15/h1-7,13H,8-10H2. The zero-order valence-electron chi connectivity index (χ0n) is 10.8. The Balaban J connectivity index is 1.78. The summed E-state index contributed by atoms with van der Waals surface area (Å²) in [5.74, 6) is 0.213. The van der Waals surface area contributed by atoms with Crippen molar-refractivity contribution in [3.63, 3.8) is 0 Å². The van der Waals surface area contributed by atoms with Crippen LogP contribution in [0.1, 0.15) is 11.7 Å². The number of rotatable bonds is 2. The first-order chi connectivity index (χ1) is 9.72. The zero-order valence-corrected chi connectivity index (χ0v) is 12.4. The third-order valence-corrected chi connectivity index (χ3v) is 3.86. The van der Waals surface area contributed by atoms with Crippen molar-refractivity contribution in [1.29, 1.82) is 0 Å². The maximum absolute atomic E-state index is 13.2. The lowest BCUT2D eigenvalue weighted by atomic mass is 10.1. The minimum Gasteiger partial charge on any atom is -0.370 e. The first-order valence-corrected chi connectivity index (χ1v) is 7.26. The van der Waals surface area contributed by atoms with E-state index in [9.17, 15) is 4.39 Å². The predicted octanol–water partition coefficient (Wildman–Crippen LogP) is 3.56. The Morgan fingerprint density at radius 2 is 2.00 bits per heavy atom. The summed E-state index contributed by atoms with van der Waals surface area (Å²) < 4.78 is 20.1. The van der Waals surface area contributed by atoms with E-state index < -0.39 is 5.95 Å². The molecule has 5 heteroatoms. The minimum atomic E-state index is -0.450. The molecule has 0 radical (unpaired) electrons. The van der Waals surface area contributed by atoms with Crippen LogP contribution >= 0.6 is 15.9 Å². The molecule has 1 atom stereocenters. The van der Waals surface area contributed by atoms with E-state index in [2.05, 4.69) is 25.8 Å². The fraction of sp³-hybridized carbons (Fsp3) is 0.267. The number of morpholine rings is 1. The molecule has 3 nitrogen and oxygen atoms in total. The highest BCUT2D eigenvalue weighted by molar-refractivity contribution is 9.10. The first kappa shape index (κ1) is 13.5. The third kappa shape index (κ3) is 2.99. The molecule has 2 aromatic rings. The lowest BCUT2D eigenvalue weighted by Crippen LogP contribution is -2.38. The van der Waals surface area contributed by atoms with E-state index in [-0.39, 0.29) is 6.10 Å². The summed E-state index contributed by atoms with van der Waals surface area (Å²) in [7, 11) is 0. The summed E-state index contributed by atoms with van der Waals surface area (Å²) in [5.41, 5.74) is 1.12. The molecule has 20 heavy (non-hydrogen) atoms. The van der Waals surface area contributed by atoms with E-state index in [0.717, 1.165) is 16.6 Å². The number of nitrogens with zero attached hydrogens (tertiary/aromatic N) is 2. The van der Waals surface area contributed by atoms with Gasteiger partial charge in [-0.2, -0.15) is 4.39 Å². The largest absolute Gasteiger partial charge is 0.370 e. The van der Waals surface area contributed by atoms with Gasteiger partial charge in [-0.15, -0.1) is 0 Å². The van der Waals surface area contributed by atoms with Crippen LogP contribution in [0.25, 0.3) is 0 Å². The van der Waals surface area contributed by atoms with Gasteiger partial charge in [-0.1, -0.05) is 34.1 Å². The van der Waals surface area contributed by atoms with E-state index in [1.807, 2.05) is 30.3 Å². The smallest absolute Gasteiger partial charge is 0.214 e. The van der Waals surface area contributed by atoms with Gasteiger partial charge < -0.3 is 9.64 Å². The summed E-state index contributed by atoms with van der Waals surface area (Å²) in [6.45, 7) is 2.01. The van der Waals surface area contributed by atoms with E-state index >= 15 is 0 Å². The summed E-state index contributed by atoms with van der Waals surface area (Å²) in [4.78, 5) is 5.99. The normalized spacial score (nSPS) is 19.1. The molecular weight excluding hydrogens is 323 g/mol. The highest BCUT2D eigenvalue weighted by Gasteiger charge is 2.23. The molecule has 1 unspecified atom stereocenters. The van der Waals surface area contributed by atoms with Crippen molar-refractivity contribution in [2.75, 3.05) is 24.6 Å². The van der Waals surface area contributed by atoms with Crippen molar-refractivity contribution >= 4 is 21.7 Å². The molecule has 3 rings (SSSR count). The summed E-state index contributed by atoms with van der Waals surface area (Å²) >= 11 is 3.42. The second-order valence-corrected chi connectivity index (χ2v) is 5.59. The van der Waals surface area contributed by atoms with E-state index in [4.69, 9.17) is 4.74 Å². The molecule has 1 aliphatic rings. The van der Waals surface area contributed by atoms with Gasteiger partial charge in [-0.25, -0.2) is 4.98 Å². The van der Waals surface area contributed by atoms with Gasteiger partial charge in [0.1, 0.15) is 11.9 Å². The minimum absolute atomic E-state index is 0.0121. The molecule has 1 fully saturated rings. The van der Waals surface area contributed by atoms with Crippen molar-refractivity contribution in [3.05, 3.63) is 58.4 Å². The number of hydrogen-bond donors (Lipinski definition) is 0. The topological polar surface area (TPSA) is 25.4 Å². The molecule has 0 saturated carbocycles. The van der Waals surface area contributed by atoms with Crippen molar-refractivity contribution in [2.45, 2.75) is 6.10 Å². The quantitative estimate of drug-likeness (QED) is 0.784. The van der Waals surface area contributed by atoms with Crippen molar-refractivity contribution in [1.82, 2.24) is 4.98 Å². The van der Waals surface area contributed by atoms with Crippen LogP contribution in [0.3, 0.4) is 0 Å². The van der Waals surface area contributed by atoms with Crippen molar-refractivity contribution < 1.29 is 9.13 Å². The first-order valence-electron chi connectivity index (χ1n) is 6.47. The van der Waals surface area contributed by atoms with Gasteiger partial charge >= 0.3 is 0 Å². The Labute approximate surface area is 125 Å². The molecule has 0 bridgehead atoms. The van der Waals surface area contributed by atoms with Gasteiger partial charge in [0.2, 0.25) is 5.95 Å². The van der Waals surface area contributed by atoms with Crippen molar-refractivity contribution in [3.8, 4) is 0 Å². The summed E-state index contributed by atoms with van der Waals surface area (Å²) in [6.07, 6.45) is -0.0121. The number of aromatic nitrogens is 1. The summed E-state index contributed by atoms with van der Waals surface area (Å²) in [6, 6.07) is 12.9.